The molecular formula is C17H36N2O2. The minimum Gasteiger partial charge on any atom is -0.354 e. The van der Waals surface area contributed by atoms with E-state index >= 15 is 0 Å². The zero-order chi connectivity index (χ0) is 15.4. The molecule has 126 valence electrons. The Bertz CT molecular complexity index is 248. The molecule has 0 aliphatic heterocycles. The number of hydrogen-bond acceptors (Lipinski definition) is 2. The smallest absolute Gasteiger partial charge is 0.220 e. The van der Waals surface area contributed by atoms with E-state index in [1.165, 1.54) is 0 Å². The van der Waals surface area contributed by atoms with Crippen molar-refractivity contribution in [2.45, 2.75) is 98.6 Å². The number of amides is 2. The largest absolute Gasteiger partial charge is 0.354 e. The summed E-state index contributed by atoms with van der Waals surface area (Å²) in [6, 6.07) is 0.471. The number of carbonyl (C=O) groups is 2. The van der Waals surface area contributed by atoms with Crippen molar-refractivity contribution in [1.29, 1.82) is 0 Å². The summed E-state index contributed by atoms with van der Waals surface area (Å²) in [6.07, 6.45) is 7.71. The van der Waals surface area contributed by atoms with Crippen LogP contribution in [0.1, 0.15) is 86.5 Å². The van der Waals surface area contributed by atoms with Crippen molar-refractivity contribution in [3.63, 3.8) is 0 Å². The molecule has 0 fully saturated rings. The quantitative estimate of drug-likeness (QED) is 0.570. The second-order valence-corrected chi connectivity index (χ2v) is 6.07. The molecule has 0 spiro atoms. The Morgan fingerprint density at radius 1 is 0.667 bits per heavy atom. The lowest BCUT2D eigenvalue weighted by atomic mass is 10.1. The normalized spacial score (nSPS) is 10.4. The third-order valence-corrected chi connectivity index (χ3v) is 2.96. The monoisotopic (exact) mass is 300 g/mol. The Morgan fingerprint density at radius 2 is 0.952 bits per heavy atom. The first-order valence-electron chi connectivity index (χ1n) is 8.00. The van der Waals surface area contributed by atoms with Gasteiger partial charge in [0.25, 0.3) is 0 Å². The Kier molecular flexibility index (Phi) is 14.7. The molecule has 0 rings (SSSR count). The molecule has 4 heteroatoms. The van der Waals surface area contributed by atoms with E-state index in [2.05, 4.69) is 10.6 Å². The molecule has 0 aromatic carbocycles. The van der Waals surface area contributed by atoms with Gasteiger partial charge in [-0.05, 0) is 40.5 Å². The van der Waals surface area contributed by atoms with Crippen LogP contribution < -0.4 is 10.6 Å². The van der Waals surface area contributed by atoms with Gasteiger partial charge in [-0.15, -0.1) is 0 Å². The molecule has 0 aromatic rings. The highest BCUT2D eigenvalue weighted by Crippen LogP contribution is 2.08. The lowest BCUT2D eigenvalue weighted by molar-refractivity contribution is -0.122. The van der Waals surface area contributed by atoms with Crippen molar-refractivity contribution >= 4 is 11.8 Å². The highest BCUT2D eigenvalue weighted by Gasteiger charge is 2.03. The maximum Gasteiger partial charge on any atom is 0.220 e. The third kappa shape index (κ3) is 16.9. The van der Waals surface area contributed by atoms with Crippen LogP contribution >= 0.6 is 0 Å². The Hall–Kier alpha value is -1.06. The van der Waals surface area contributed by atoms with E-state index in [4.69, 9.17) is 0 Å². The number of rotatable bonds is 11. The number of hydrogen-bond donors (Lipinski definition) is 2. The van der Waals surface area contributed by atoms with Crippen LogP contribution in [-0.4, -0.2) is 23.9 Å². The molecule has 0 saturated carbocycles. The SMILES string of the molecule is C.CC(C)NC(=O)CCCCCCCCC(=O)NC(C)C. The summed E-state index contributed by atoms with van der Waals surface area (Å²) in [7, 11) is 0. The van der Waals surface area contributed by atoms with Gasteiger partial charge in [0.15, 0.2) is 0 Å². The summed E-state index contributed by atoms with van der Waals surface area (Å²) in [6.45, 7) is 7.92. The first-order chi connectivity index (χ1) is 9.41. The summed E-state index contributed by atoms with van der Waals surface area (Å²) in [5.74, 6) is 0.315. The van der Waals surface area contributed by atoms with Crippen LogP contribution in [0.15, 0.2) is 0 Å². The van der Waals surface area contributed by atoms with Crippen molar-refractivity contribution in [3.8, 4) is 0 Å². The fourth-order valence-corrected chi connectivity index (χ4v) is 2.07. The molecule has 2 N–H and O–H groups in total. The Balaban J connectivity index is 0. The molecule has 21 heavy (non-hydrogen) atoms. The van der Waals surface area contributed by atoms with Crippen LogP contribution in [0, 0.1) is 0 Å². The molecule has 0 aliphatic rings. The number of nitrogens with one attached hydrogen (secondary N) is 2. The van der Waals surface area contributed by atoms with Gasteiger partial charge in [-0.1, -0.05) is 33.1 Å². The number of unbranched alkanes of at least 4 members (excludes halogenated alkanes) is 5. The van der Waals surface area contributed by atoms with Crippen LogP contribution in [0.5, 0.6) is 0 Å². The van der Waals surface area contributed by atoms with Crippen LogP contribution in [0.25, 0.3) is 0 Å². The summed E-state index contributed by atoms with van der Waals surface area (Å²) >= 11 is 0. The van der Waals surface area contributed by atoms with Crippen LogP contribution in [-0.2, 0) is 9.59 Å². The van der Waals surface area contributed by atoms with E-state index in [-0.39, 0.29) is 31.3 Å². The van der Waals surface area contributed by atoms with Gasteiger partial charge >= 0.3 is 0 Å². The standard InChI is InChI=1S/C16H32N2O2.CH4/c1-13(2)17-15(19)11-9-7-5-6-8-10-12-16(20)18-14(3)4;/h13-14H,5-12H2,1-4H3,(H,17,19)(H,18,20);1H4. The highest BCUT2D eigenvalue weighted by atomic mass is 16.2. The maximum absolute atomic E-state index is 11.4. The zero-order valence-corrected chi connectivity index (χ0v) is 13.6. The second-order valence-electron chi connectivity index (χ2n) is 6.07. The van der Waals surface area contributed by atoms with Gasteiger partial charge in [-0.2, -0.15) is 0 Å². The highest BCUT2D eigenvalue weighted by molar-refractivity contribution is 5.76. The second kappa shape index (κ2) is 13.9. The summed E-state index contributed by atoms with van der Waals surface area (Å²) in [5, 5.41) is 5.80. The molecule has 0 aromatic heterocycles. The van der Waals surface area contributed by atoms with E-state index in [0.29, 0.717) is 12.8 Å². The van der Waals surface area contributed by atoms with Gasteiger partial charge in [0.05, 0.1) is 0 Å². The van der Waals surface area contributed by atoms with Crippen molar-refractivity contribution in [2.75, 3.05) is 0 Å². The molecule has 2 amide bonds. The summed E-state index contributed by atoms with van der Waals surface area (Å²) < 4.78 is 0. The maximum atomic E-state index is 11.4. The van der Waals surface area contributed by atoms with Crippen molar-refractivity contribution in [2.24, 2.45) is 0 Å². The topological polar surface area (TPSA) is 58.2 Å². The average Bonchev–Trinajstić information content (AvgIpc) is 2.30. The lowest BCUT2D eigenvalue weighted by Crippen LogP contribution is -2.29. The zero-order valence-electron chi connectivity index (χ0n) is 13.6. The first-order valence-corrected chi connectivity index (χ1v) is 8.00. The van der Waals surface area contributed by atoms with Crippen LogP contribution in [0.3, 0.4) is 0 Å². The summed E-state index contributed by atoms with van der Waals surface area (Å²) in [4.78, 5) is 22.8. The van der Waals surface area contributed by atoms with E-state index in [0.717, 1.165) is 38.5 Å². The predicted octanol–water partition coefficient (Wildman–Crippen LogP) is 3.79. The lowest BCUT2D eigenvalue weighted by Gasteiger charge is -2.08. The Labute approximate surface area is 131 Å². The van der Waals surface area contributed by atoms with Gasteiger partial charge in [0, 0.05) is 24.9 Å². The third-order valence-electron chi connectivity index (χ3n) is 2.96. The van der Waals surface area contributed by atoms with Crippen molar-refractivity contribution < 1.29 is 9.59 Å². The van der Waals surface area contributed by atoms with E-state index < -0.39 is 0 Å². The average molecular weight is 300 g/mol. The minimum absolute atomic E-state index is 0. The molecule has 0 atom stereocenters. The van der Waals surface area contributed by atoms with Crippen molar-refractivity contribution in [1.82, 2.24) is 10.6 Å². The van der Waals surface area contributed by atoms with Crippen molar-refractivity contribution in [3.05, 3.63) is 0 Å². The van der Waals surface area contributed by atoms with Crippen LogP contribution in [0.4, 0.5) is 0 Å². The van der Waals surface area contributed by atoms with Gasteiger partial charge in [0.2, 0.25) is 11.8 Å². The summed E-state index contributed by atoms with van der Waals surface area (Å²) in [5.41, 5.74) is 0. The minimum atomic E-state index is 0. The molecule has 0 saturated heterocycles. The van der Waals surface area contributed by atoms with Gasteiger partial charge in [0.1, 0.15) is 0 Å². The molecule has 0 unspecified atom stereocenters. The fourth-order valence-electron chi connectivity index (χ4n) is 2.07. The van der Waals surface area contributed by atoms with E-state index in [9.17, 15) is 9.59 Å². The molecule has 0 aliphatic carbocycles. The molecular weight excluding hydrogens is 264 g/mol. The van der Waals surface area contributed by atoms with E-state index in [1.54, 1.807) is 0 Å². The molecule has 0 heterocycles. The van der Waals surface area contributed by atoms with E-state index in [1.807, 2.05) is 27.7 Å². The van der Waals surface area contributed by atoms with Gasteiger partial charge < -0.3 is 10.6 Å². The fraction of sp³-hybridized carbons (Fsp3) is 0.882. The van der Waals surface area contributed by atoms with Crippen LogP contribution in [0.2, 0.25) is 0 Å². The predicted molar refractivity (Wildman–Crippen MR) is 90.2 cm³/mol. The molecule has 0 bridgehead atoms. The Morgan fingerprint density at radius 3 is 1.24 bits per heavy atom. The van der Waals surface area contributed by atoms with Gasteiger partial charge in [-0.25, -0.2) is 0 Å². The number of carbonyl (C=O) groups excluding carboxylic acids is 2. The molecule has 4 nitrogen and oxygen atoms in total. The first kappa shape index (κ1) is 22.2. The molecule has 0 radical (unpaired) electrons. The van der Waals surface area contributed by atoms with Gasteiger partial charge in [-0.3, -0.25) is 9.59 Å².